The number of sulfonamides is 2. The van der Waals surface area contributed by atoms with Crippen LogP contribution in [0.5, 0.6) is 0 Å². The number of aromatic nitrogens is 2. The number of pyridine rings is 2. The van der Waals surface area contributed by atoms with E-state index in [2.05, 4.69) is 40.1 Å². The number of nitrogens with zero attached hydrogens (tertiary/aromatic N) is 3. The van der Waals surface area contributed by atoms with Crippen LogP contribution < -0.4 is 4.72 Å². The Balaban J connectivity index is 0.000000259. The van der Waals surface area contributed by atoms with E-state index in [1.165, 1.54) is 56.3 Å². The van der Waals surface area contributed by atoms with Crippen LogP contribution in [0.1, 0.15) is 96.3 Å². The number of ether oxygens (including phenoxy) is 2. The Kier molecular flexibility index (Phi) is 16.6. The Bertz CT molecular complexity index is 1410. The molecule has 0 saturated heterocycles. The Morgan fingerprint density at radius 3 is 1.64 bits per heavy atom. The SMILES string of the molecule is COC(=O)c1ccc(CBr)nc1.COC(=O)c1ccc(CN(C2CCCCC2)S(C)(=O)=O)nc1.CS(=O)(=O)NC1CCCCC1. The van der Waals surface area contributed by atoms with Crippen molar-refractivity contribution in [2.45, 2.75) is 88.2 Å². The van der Waals surface area contributed by atoms with Crippen LogP contribution in [-0.4, -0.2) is 81.9 Å². The molecule has 0 aromatic carbocycles. The summed E-state index contributed by atoms with van der Waals surface area (Å²) in [5, 5.41) is 0.689. The molecule has 2 saturated carbocycles. The minimum Gasteiger partial charge on any atom is -0.465 e. The number of rotatable bonds is 9. The minimum atomic E-state index is -3.29. The monoisotopic (exact) mass is 732 g/mol. The topological polar surface area (TPSA) is 162 Å². The van der Waals surface area contributed by atoms with Crippen molar-refractivity contribution in [3.05, 3.63) is 59.2 Å². The summed E-state index contributed by atoms with van der Waals surface area (Å²) >= 11 is 3.26. The van der Waals surface area contributed by atoms with Crippen molar-refractivity contribution in [2.75, 3.05) is 26.7 Å². The summed E-state index contributed by atoms with van der Waals surface area (Å²) < 4.78 is 59.0. The number of hydrogen-bond acceptors (Lipinski definition) is 10. The highest BCUT2D eigenvalue weighted by molar-refractivity contribution is 9.08. The zero-order chi connectivity index (χ0) is 33.5. The summed E-state index contributed by atoms with van der Waals surface area (Å²) in [5.41, 5.74) is 2.35. The largest absolute Gasteiger partial charge is 0.465 e. The molecule has 0 radical (unpaired) electrons. The van der Waals surface area contributed by atoms with Gasteiger partial charge in [0, 0.05) is 29.8 Å². The molecule has 2 fully saturated rings. The highest BCUT2D eigenvalue weighted by Gasteiger charge is 2.28. The van der Waals surface area contributed by atoms with Crippen molar-refractivity contribution in [2.24, 2.45) is 0 Å². The summed E-state index contributed by atoms with van der Waals surface area (Å²) in [6.45, 7) is 0.241. The quantitative estimate of drug-likeness (QED) is 0.285. The lowest BCUT2D eigenvalue weighted by atomic mass is 9.95. The second-order valence-corrected chi connectivity index (χ2v) is 15.3. The fraction of sp³-hybridized carbons (Fsp3) is 0.600. The fourth-order valence-corrected chi connectivity index (χ4v) is 7.36. The van der Waals surface area contributed by atoms with Gasteiger partial charge < -0.3 is 9.47 Å². The van der Waals surface area contributed by atoms with Crippen LogP contribution in [0.4, 0.5) is 0 Å². The molecule has 0 unspecified atom stereocenters. The summed E-state index contributed by atoms with van der Waals surface area (Å²) in [7, 11) is -3.61. The molecule has 2 aromatic rings. The molecule has 45 heavy (non-hydrogen) atoms. The molecule has 0 bridgehead atoms. The van der Waals surface area contributed by atoms with Gasteiger partial charge in [0.15, 0.2) is 0 Å². The number of carbonyl (C=O) groups is 2. The third kappa shape index (κ3) is 14.7. The molecule has 15 heteroatoms. The number of carbonyl (C=O) groups excluding carboxylic acids is 2. The van der Waals surface area contributed by atoms with Gasteiger partial charge in [0.1, 0.15) is 0 Å². The van der Waals surface area contributed by atoms with Gasteiger partial charge in [-0.15, -0.1) is 0 Å². The zero-order valence-electron chi connectivity index (χ0n) is 26.4. The van der Waals surface area contributed by atoms with E-state index in [4.69, 9.17) is 0 Å². The predicted octanol–water partition coefficient (Wildman–Crippen LogP) is 4.59. The number of methoxy groups -OCH3 is 2. The highest BCUT2D eigenvalue weighted by Crippen LogP contribution is 2.26. The van der Waals surface area contributed by atoms with Gasteiger partial charge in [-0.2, -0.15) is 4.31 Å². The smallest absolute Gasteiger partial charge is 0.339 e. The molecule has 252 valence electrons. The molecule has 2 aromatic heterocycles. The van der Waals surface area contributed by atoms with Gasteiger partial charge in [-0.3, -0.25) is 9.97 Å². The lowest BCUT2D eigenvalue weighted by Crippen LogP contribution is -2.40. The second-order valence-electron chi connectivity index (χ2n) is 11.0. The van der Waals surface area contributed by atoms with Crippen LogP contribution in [0.25, 0.3) is 0 Å². The van der Waals surface area contributed by atoms with E-state index in [9.17, 15) is 26.4 Å². The van der Waals surface area contributed by atoms with Crippen LogP contribution in [0.2, 0.25) is 0 Å². The molecule has 2 heterocycles. The standard InChI is InChI=1S/C15H22N2O4S.C8H8BrNO2.C7H15NO2S/c1-21-15(18)12-8-9-13(16-10-12)11-17(22(2,19)20)14-6-4-3-5-7-14;1-12-8(11)6-2-3-7(4-9)10-5-6;1-11(9,10)8-7-5-3-2-4-6-7/h8-10,14H,3-7,11H2,1-2H3;2-3,5H,4H2,1H3;7-8H,2-6H2,1H3. The van der Waals surface area contributed by atoms with E-state index in [0.717, 1.165) is 57.1 Å². The fourth-order valence-electron chi connectivity index (χ4n) is 5.07. The van der Waals surface area contributed by atoms with Gasteiger partial charge in [0.05, 0.1) is 55.8 Å². The molecule has 0 aliphatic heterocycles. The summed E-state index contributed by atoms with van der Waals surface area (Å²) in [6, 6.07) is 7.00. The minimum absolute atomic E-state index is 0.0471. The molecule has 2 aliphatic carbocycles. The van der Waals surface area contributed by atoms with Gasteiger partial charge in [0.25, 0.3) is 0 Å². The van der Waals surface area contributed by atoms with E-state index in [1.807, 2.05) is 0 Å². The summed E-state index contributed by atoms with van der Waals surface area (Å²) in [5.74, 6) is -0.810. The first kappa shape index (κ1) is 38.7. The summed E-state index contributed by atoms with van der Waals surface area (Å²) in [4.78, 5) is 30.5. The number of hydrogen-bond donors (Lipinski definition) is 1. The molecular formula is C30H45BrN4O8S2. The lowest BCUT2D eigenvalue weighted by molar-refractivity contribution is 0.0591. The van der Waals surface area contributed by atoms with Crippen molar-refractivity contribution in [3.8, 4) is 0 Å². The van der Waals surface area contributed by atoms with E-state index in [1.54, 1.807) is 24.3 Å². The maximum absolute atomic E-state index is 12.1. The predicted molar refractivity (Wildman–Crippen MR) is 176 cm³/mol. The van der Waals surface area contributed by atoms with Gasteiger partial charge in [-0.1, -0.05) is 54.5 Å². The first-order valence-electron chi connectivity index (χ1n) is 14.8. The van der Waals surface area contributed by atoms with E-state index < -0.39 is 26.0 Å². The van der Waals surface area contributed by atoms with Gasteiger partial charge in [-0.05, 0) is 49.9 Å². The average Bonchev–Trinajstić information content (AvgIpc) is 3.03. The Morgan fingerprint density at radius 1 is 0.800 bits per heavy atom. The maximum atomic E-state index is 12.1. The number of alkyl halides is 1. The molecule has 12 nitrogen and oxygen atoms in total. The second kappa shape index (κ2) is 19.3. The average molecular weight is 734 g/mol. The van der Waals surface area contributed by atoms with Crippen LogP contribution in [0.3, 0.4) is 0 Å². The van der Waals surface area contributed by atoms with Crippen LogP contribution in [0, 0.1) is 0 Å². The Morgan fingerprint density at radius 2 is 1.27 bits per heavy atom. The van der Waals surface area contributed by atoms with Crippen LogP contribution >= 0.6 is 15.9 Å². The van der Waals surface area contributed by atoms with Crippen molar-refractivity contribution < 1.29 is 35.9 Å². The zero-order valence-corrected chi connectivity index (χ0v) is 29.6. The van der Waals surface area contributed by atoms with E-state index in [0.29, 0.717) is 22.2 Å². The van der Waals surface area contributed by atoms with E-state index >= 15 is 0 Å². The van der Waals surface area contributed by atoms with Crippen molar-refractivity contribution in [1.29, 1.82) is 0 Å². The number of nitrogens with one attached hydrogen (secondary N) is 1. The molecule has 0 atom stereocenters. The Hall–Kier alpha value is -2.46. The third-order valence-electron chi connectivity index (χ3n) is 7.34. The third-order valence-corrected chi connectivity index (χ3v) is 9.96. The van der Waals surface area contributed by atoms with Crippen LogP contribution in [-0.2, 0) is 41.4 Å². The van der Waals surface area contributed by atoms with Crippen molar-refractivity contribution in [3.63, 3.8) is 0 Å². The normalized spacial score (nSPS) is 16.0. The molecule has 4 rings (SSSR count). The number of esters is 2. The lowest BCUT2D eigenvalue weighted by Gasteiger charge is -2.32. The van der Waals surface area contributed by atoms with Gasteiger partial charge in [-0.25, -0.2) is 31.1 Å². The molecule has 2 aliphatic rings. The molecule has 0 amide bonds. The highest BCUT2D eigenvalue weighted by atomic mass is 79.9. The van der Waals surface area contributed by atoms with Crippen molar-refractivity contribution >= 4 is 47.9 Å². The molecular weight excluding hydrogens is 688 g/mol. The number of halogens is 1. The maximum Gasteiger partial charge on any atom is 0.339 e. The van der Waals surface area contributed by atoms with Gasteiger partial charge >= 0.3 is 11.9 Å². The molecule has 1 N–H and O–H groups in total. The van der Waals surface area contributed by atoms with Crippen molar-refractivity contribution in [1.82, 2.24) is 19.0 Å². The molecule has 0 spiro atoms. The van der Waals surface area contributed by atoms with Crippen LogP contribution in [0.15, 0.2) is 36.7 Å². The van der Waals surface area contributed by atoms with Gasteiger partial charge in [0.2, 0.25) is 20.0 Å². The first-order valence-corrected chi connectivity index (χ1v) is 19.7. The summed E-state index contributed by atoms with van der Waals surface area (Å²) in [6.07, 6.45) is 16.1. The van der Waals surface area contributed by atoms with E-state index in [-0.39, 0.29) is 24.6 Å². The Labute approximate surface area is 275 Å². The first-order chi connectivity index (χ1) is 21.3.